The molecule has 0 atom stereocenters. The number of aryl methyl sites for hydroxylation is 1. The standard InChI is InChI=1S/C21H27N3O6S2/c1-4-30-19-10-8-16(13-20(19)32(28,29)24-11-5-6-12-24)23-21(25)18-14-17(9-7-15(18)2)31(26,27)22-3/h7-10,13-14,22H,4-6,11-12H2,1-3H3,(H,23,25). The Balaban J connectivity index is 1.96. The normalized spacial score (nSPS) is 15.0. The molecular formula is C21H27N3O6S2. The molecule has 32 heavy (non-hydrogen) atoms. The zero-order valence-corrected chi connectivity index (χ0v) is 19.8. The first kappa shape index (κ1) is 24.2. The van der Waals surface area contributed by atoms with Crippen molar-refractivity contribution >= 4 is 31.6 Å². The van der Waals surface area contributed by atoms with E-state index in [0.717, 1.165) is 12.8 Å². The lowest BCUT2D eigenvalue weighted by molar-refractivity contribution is 0.102. The van der Waals surface area contributed by atoms with Crippen molar-refractivity contribution in [2.75, 3.05) is 32.1 Å². The fourth-order valence-corrected chi connectivity index (χ4v) is 5.89. The molecule has 1 aliphatic rings. The highest BCUT2D eigenvalue weighted by Gasteiger charge is 2.30. The number of benzene rings is 2. The molecule has 2 aromatic carbocycles. The van der Waals surface area contributed by atoms with Crippen molar-refractivity contribution in [3.63, 3.8) is 0 Å². The van der Waals surface area contributed by atoms with Crippen molar-refractivity contribution in [1.82, 2.24) is 9.03 Å². The molecule has 0 radical (unpaired) electrons. The van der Waals surface area contributed by atoms with E-state index in [0.29, 0.717) is 25.3 Å². The maximum absolute atomic E-state index is 13.1. The number of anilines is 1. The monoisotopic (exact) mass is 481 g/mol. The predicted octanol–water partition coefficient (Wildman–Crippen LogP) is 2.34. The van der Waals surface area contributed by atoms with Crippen LogP contribution in [0, 0.1) is 6.92 Å². The minimum atomic E-state index is -3.78. The van der Waals surface area contributed by atoms with Gasteiger partial charge in [-0.05, 0) is 69.6 Å². The summed E-state index contributed by atoms with van der Waals surface area (Å²) < 4.78 is 59.6. The summed E-state index contributed by atoms with van der Waals surface area (Å²) in [7, 11) is -6.22. The molecular weight excluding hydrogens is 454 g/mol. The van der Waals surface area contributed by atoms with Gasteiger partial charge in [0.1, 0.15) is 10.6 Å². The van der Waals surface area contributed by atoms with E-state index in [1.165, 1.54) is 35.6 Å². The second-order valence-corrected chi connectivity index (χ2v) is 11.1. The van der Waals surface area contributed by atoms with Gasteiger partial charge in [0, 0.05) is 24.3 Å². The van der Waals surface area contributed by atoms with Gasteiger partial charge in [-0.25, -0.2) is 21.6 Å². The SMILES string of the molecule is CCOc1ccc(NC(=O)c2cc(S(=O)(=O)NC)ccc2C)cc1S(=O)(=O)N1CCCC1. The lowest BCUT2D eigenvalue weighted by Crippen LogP contribution is -2.28. The van der Waals surface area contributed by atoms with Gasteiger partial charge in [-0.15, -0.1) is 0 Å². The van der Waals surface area contributed by atoms with Crippen LogP contribution >= 0.6 is 0 Å². The zero-order chi connectivity index (χ0) is 23.5. The van der Waals surface area contributed by atoms with Crippen molar-refractivity contribution < 1.29 is 26.4 Å². The molecule has 9 nitrogen and oxygen atoms in total. The molecule has 11 heteroatoms. The zero-order valence-electron chi connectivity index (χ0n) is 18.2. The van der Waals surface area contributed by atoms with Crippen LogP contribution in [0.3, 0.4) is 0 Å². The van der Waals surface area contributed by atoms with E-state index in [1.807, 2.05) is 0 Å². The number of carbonyl (C=O) groups excluding carboxylic acids is 1. The quantitative estimate of drug-likeness (QED) is 0.597. The first-order chi connectivity index (χ1) is 15.1. The summed E-state index contributed by atoms with van der Waals surface area (Å²) in [4.78, 5) is 12.9. The molecule has 1 aliphatic heterocycles. The third-order valence-electron chi connectivity index (χ3n) is 5.22. The molecule has 0 bridgehead atoms. The number of nitrogens with zero attached hydrogens (tertiary/aromatic N) is 1. The second-order valence-electron chi connectivity index (χ2n) is 7.34. The van der Waals surface area contributed by atoms with Crippen LogP contribution in [0.4, 0.5) is 5.69 Å². The number of hydrogen-bond donors (Lipinski definition) is 2. The smallest absolute Gasteiger partial charge is 0.255 e. The molecule has 0 unspecified atom stereocenters. The molecule has 0 aromatic heterocycles. The maximum Gasteiger partial charge on any atom is 0.255 e. The second kappa shape index (κ2) is 9.57. The number of hydrogen-bond acceptors (Lipinski definition) is 6. The molecule has 1 amide bonds. The van der Waals surface area contributed by atoms with Gasteiger partial charge in [0.15, 0.2) is 0 Å². The van der Waals surface area contributed by atoms with Crippen LogP contribution in [-0.4, -0.2) is 53.8 Å². The van der Waals surface area contributed by atoms with Gasteiger partial charge >= 0.3 is 0 Å². The van der Waals surface area contributed by atoms with Gasteiger partial charge in [-0.3, -0.25) is 4.79 Å². The molecule has 2 aromatic rings. The number of rotatable bonds is 8. The highest BCUT2D eigenvalue weighted by Crippen LogP contribution is 2.32. The highest BCUT2D eigenvalue weighted by atomic mass is 32.2. The molecule has 3 rings (SSSR count). The minimum Gasteiger partial charge on any atom is -0.492 e. The van der Waals surface area contributed by atoms with Crippen LogP contribution in [0.25, 0.3) is 0 Å². The van der Waals surface area contributed by atoms with Crippen molar-refractivity contribution in [2.45, 2.75) is 36.5 Å². The molecule has 1 heterocycles. The van der Waals surface area contributed by atoms with Crippen LogP contribution < -0.4 is 14.8 Å². The van der Waals surface area contributed by atoms with Crippen LogP contribution in [0.1, 0.15) is 35.7 Å². The van der Waals surface area contributed by atoms with Crippen LogP contribution in [0.5, 0.6) is 5.75 Å². The van der Waals surface area contributed by atoms with Gasteiger partial charge in [0.2, 0.25) is 20.0 Å². The van der Waals surface area contributed by atoms with E-state index >= 15 is 0 Å². The van der Waals surface area contributed by atoms with Crippen molar-refractivity contribution in [3.8, 4) is 5.75 Å². The third kappa shape index (κ3) is 4.96. The molecule has 0 saturated carbocycles. The molecule has 1 fully saturated rings. The Kier molecular flexibility index (Phi) is 7.23. The maximum atomic E-state index is 13.1. The summed E-state index contributed by atoms with van der Waals surface area (Å²) in [6.45, 7) is 4.62. The van der Waals surface area contributed by atoms with E-state index in [1.54, 1.807) is 26.0 Å². The Bertz CT molecular complexity index is 1220. The molecule has 1 saturated heterocycles. The number of carbonyl (C=O) groups is 1. The van der Waals surface area contributed by atoms with Crippen LogP contribution in [-0.2, 0) is 20.0 Å². The van der Waals surface area contributed by atoms with E-state index in [-0.39, 0.29) is 26.8 Å². The Hall–Kier alpha value is -2.47. The summed E-state index contributed by atoms with van der Waals surface area (Å²) in [5.74, 6) is -0.333. The van der Waals surface area contributed by atoms with E-state index in [9.17, 15) is 21.6 Å². The first-order valence-corrected chi connectivity index (χ1v) is 13.1. The Morgan fingerprint density at radius 2 is 1.75 bits per heavy atom. The number of sulfonamides is 2. The topological polar surface area (TPSA) is 122 Å². The lowest BCUT2D eigenvalue weighted by atomic mass is 10.1. The van der Waals surface area contributed by atoms with Gasteiger partial charge in [-0.1, -0.05) is 6.07 Å². The average molecular weight is 482 g/mol. The van der Waals surface area contributed by atoms with Crippen molar-refractivity contribution in [2.24, 2.45) is 0 Å². The summed E-state index contributed by atoms with van der Waals surface area (Å²) in [6, 6.07) is 8.68. The van der Waals surface area contributed by atoms with Crippen molar-refractivity contribution in [1.29, 1.82) is 0 Å². The number of nitrogens with one attached hydrogen (secondary N) is 2. The molecule has 2 N–H and O–H groups in total. The van der Waals surface area contributed by atoms with Gasteiger partial charge in [0.05, 0.1) is 11.5 Å². The van der Waals surface area contributed by atoms with Crippen LogP contribution in [0.2, 0.25) is 0 Å². The fraction of sp³-hybridized carbons (Fsp3) is 0.381. The van der Waals surface area contributed by atoms with E-state index in [2.05, 4.69) is 10.0 Å². The molecule has 0 spiro atoms. The van der Waals surface area contributed by atoms with E-state index in [4.69, 9.17) is 4.74 Å². The summed E-state index contributed by atoms with van der Waals surface area (Å²) in [5.41, 5.74) is 1.00. The number of amides is 1. The summed E-state index contributed by atoms with van der Waals surface area (Å²) in [6.07, 6.45) is 1.59. The van der Waals surface area contributed by atoms with Crippen molar-refractivity contribution in [3.05, 3.63) is 47.5 Å². The Morgan fingerprint density at radius 3 is 2.38 bits per heavy atom. The highest BCUT2D eigenvalue weighted by molar-refractivity contribution is 7.89. The van der Waals surface area contributed by atoms with E-state index < -0.39 is 26.0 Å². The number of ether oxygens (including phenoxy) is 1. The van der Waals surface area contributed by atoms with Gasteiger partial charge in [-0.2, -0.15) is 4.31 Å². The minimum absolute atomic E-state index is 0.0118. The fourth-order valence-electron chi connectivity index (χ4n) is 3.46. The third-order valence-corrected chi connectivity index (χ3v) is 8.55. The van der Waals surface area contributed by atoms with Crippen LogP contribution in [0.15, 0.2) is 46.2 Å². The Morgan fingerprint density at radius 1 is 1.06 bits per heavy atom. The predicted molar refractivity (Wildman–Crippen MR) is 121 cm³/mol. The average Bonchev–Trinajstić information content (AvgIpc) is 3.31. The largest absolute Gasteiger partial charge is 0.492 e. The Labute approximate surface area is 188 Å². The summed E-state index contributed by atoms with van der Waals surface area (Å²) in [5, 5.41) is 2.68. The molecule has 174 valence electrons. The lowest BCUT2D eigenvalue weighted by Gasteiger charge is -2.19. The van der Waals surface area contributed by atoms with Gasteiger partial charge in [0.25, 0.3) is 5.91 Å². The molecule has 0 aliphatic carbocycles. The first-order valence-electron chi connectivity index (χ1n) is 10.2. The summed E-state index contributed by atoms with van der Waals surface area (Å²) >= 11 is 0. The van der Waals surface area contributed by atoms with Gasteiger partial charge < -0.3 is 10.1 Å².